The molecule has 2 atom stereocenters. The lowest BCUT2D eigenvalue weighted by Crippen LogP contribution is -2.49. The van der Waals surface area contributed by atoms with Gasteiger partial charge in [-0.1, -0.05) is 37.1 Å². The largest absolute Gasteiger partial charge is 0.468 e. The van der Waals surface area contributed by atoms with Gasteiger partial charge in [0.05, 0.1) is 31.4 Å². The highest BCUT2D eigenvalue weighted by Crippen LogP contribution is 2.44. The SMILES string of the molecule is COCCN1C(=O)c2ccccc2[C@H](C(=O)NCCN(Cc2ccco2)C2CCCC2)[C@@H]1c1cccs1. The smallest absolute Gasteiger partial charge is 0.254 e. The predicted octanol–water partition coefficient (Wildman–Crippen LogP) is 4.83. The number of fused-ring (bicyclic) bond motifs is 1. The van der Waals surface area contributed by atoms with E-state index in [9.17, 15) is 9.59 Å². The van der Waals surface area contributed by atoms with Gasteiger partial charge in [0.15, 0.2) is 0 Å². The van der Waals surface area contributed by atoms with Crippen LogP contribution in [0.5, 0.6) is 0 Å². The van der Waals surface area contributed by atoms with Crippen LogP contribution >= 0.6 is 11.3 Å². The second-order valence-electron chi connectivity index (χ2n) is 9.80. The first-order valence-electron chi connectivity index (χ1n) is 13.1. The Morgan fingerprint density at radius 3 is 2.73 bits per heavy atom. The van der Waals surface area contributed by atoms with Crippen molar-refractivity contribution in [1.29, 1.82) is 0 Å². The summed E-state index contributed by atoms with van der Waals surface area (Å²) in [5.41, 5.74) is 1.39. The minimum absolute atomic E-state index is 0.0508. The number of carbonyl (C=O) groups is 2. The maximum absolute atomic E-state index is 13.9. The summed E-state index contributed by atoms with van der Waals surface area (Å²) in [6.07, 6.45) is 6.58. The van der Waals surface area contributed by atoms with E-state index in [4.69, 9.17) is 9.15 Å². The van der Waals surface area contributed by atoms with Crippen LogP contribution in [0.4, 0.5) is 0 Å². The van der Waals surface area contributed by atoms with Crippen LogP contribution in [0.1, 0.15) is 64.2 Å². The monoisotopic (exact) mass is 521 g/mol. The van der Waals surface area contributed by atoms with Gasteiger partial charge in [-0.3, -0.25) is 14.5 Å². The molecular weight excluding hydrogens is 486 g/mol. The first kappa shape index (κ1) is 25.7. The van der Waals surface area contributed by atoms with Crippen LogP contribution in [-0.2, 0) is 16.1 Å². The highest BCUT2D eigenvalue weighted by Gasteiger charge is 2.44. The Bertz CT molecular complexity index is 1160. The van der Waals surface area contributed by atoms with Gasteiger partial charge < -0.3 is 19.4 Å². The van der Waals surface area contributed by atoms with Crippen molar-refractivity contribution in [2.45, 2.75) is 50.2 Å². The number of nitrogens with one attached hydrogen (secondary N) is 1. The maximum Gasteiger partial charge on any atom is 0.254 e. The van der Waals surface area contributed by atoms with Gasteiger partial charge in [0.2, 0.25) is 5.91 Å². The molecule has 1 aliphatic carbocycles. The van der Waals surface area contributed by atoms with Gasteiger partial charge in [0.1, 0.15) is 5.76 Å². The molecule has 0 unspecified atom stereocenters. The average Bonchev–Trinajstić information content (AvgIpc) is 3.71. The average molecular weight is 522 g/mol. The van der Waals surface area contributed by atoms with Gasteiger partial charge >= 0.3 is 0 Å². The van der Waals surface area contributed by atoms with Crippen LogP contribution in [0, 0.1) is 0 Å². The van der Waals surface area contributed by atoms with Crippen molar-refractivity contribution >= 4 is 23.2 Å². The van der Waals surface area contributed by atoms with Crippen molar-refractivity contribution in [3.63, 3.8) is 0 Å². The van der Waals surface area contributed by atoms with Crippen molar-refractivity contribution in [3.8, 4) is 0 Å². The minimum Gasteiger partial charge on any atom is -0.468 e. The fraction of sp³-hybridized carbons (Fsp3) is 0.448. The number of carbonyl (C=O) groups excluding carboxylic acids is 2. The zero-order valence-corrected chi connectivity index (χ0v) is 22.1. The molecule has 7 nitrogen and oxygen atoms in total. The molecule has 1 N–H and O–H groups in total. The Kier molecular flexibility index (Phi) is 8.38. The normalized spacial score (nSPS) is 19.9. The summed E-state index contributed by atoms with van der Waals surface area (Å²) in [7, 11) is 1.63. The lowest BCUT2D eigenvalue weighted by atomic mass is 9.81. The van der Waals surface area contributed by atoms with E-state index in [1.807, 2.05) is 58.8 Å². The Morgan fingerprint density at radius 1 is 1.16 bits per heavy atom. The summed E-state index contributed by atoms with van der Waals surface area (Å²) in [6, 6.07) is 15.6. The third-order valence-electron chi connectivity index (χ3n) is 7.57. The predicted molar refractivity (Wildman–Crippen MR) is 144 cm³/mol. The van der Waals surface area contributed by atoms with E-state index in [-0.39, 0.29) is 17.9 Å². The molecule has 0 spiro atoms. The Labute approximate surface area is 222 Å². The summed E-state index contributed by atoms with van der Waals surface area (Å²) in [6.45, 7) is 2.87. The number of thiophene rings is 1. The molecule has 3 heterocycles. The second-order valence-corrected chi connectivity index (χ2v) is 10.8. The van der Waals surface area contributed by atoms with Crippen LogP contribution in [0.25, 0.3) is 0 Å². The van der Waals surface area contributed by atoms with E-state index in [0.29, 0.717) is 31.3 Å². The van der Waals surface area contributed by atoms with Crippen LogP contribution in [0.3, 0.4) is 0 Å². The summed E-state index contributed by atoms with van der Waals surface area (Å²) in [5, 5.41) is 5.23. The van der Waals surface area contributed by atoms with Gasteiger partial charge in [-0.2, -0.15) is 0 Å². The highest BCUT2D eigenvalue weighted by molar-refractivity contribution is 7.10. The summed E-state index contributed by atoms with van der Waals surface area (Å²) in [4.78, 5) is 32.7. The number of rotatable bonds is 11. The fourth-order valence-corrected chi connectivity index (χ4v) is 6.66. The van der Waals surface area contributed by atoms with Crippen LogP contribution in [-0.4, -0.2) is 61.0 Å². The first-order chi connectivity index (χ1) is 18.2. The molecule has 1 aliphatic heterocycles. The lowest BCUT2D eigenvalue weighted by Gasteiger charge is -2.41. The molecular formula is C29H35N3O4S. The molecule has 3 aromatic rings. The zero-order valence-electron chi connectivity index (χ0n) is 21.3. The molecule has 2 amide bonds. The molecule has 8 heteroatoms. The molecule has 2 aliphatic rings. The number of hydrogen-bond acceptors (Lipinski definition) is 6. The summed E-state index contributed by atoms with van der Waals surface area (Å²) in [5.74, 6) is 0.352. The minimum atomic E-state index is -0.491. The molecule has 0 radical (unpaired) electrons. The highest BCUT2D eigenvalue weighted by atomic mass is 32.1. The van der Waals surface area contributed by atoms with E-state index < -0.39 is 5.92 Å². The molecule has 37 heavy (non-hydrogen) atoms. The zero-order chi connectivity index (χ0) is 25.6. The number of ether oxygens (including phenoxy) is 1. The van der Waals surface area contributed by atoms with E-state index >= 15 is 0 Å². The van der Waals surface area contributed by atoms with Gasteiger partial charge in [-0.25, -0.2) is 0 Å². The van der Waals surface area contributed by atoms with Crippen molar-refractivity contribution in [2.24, 2.45) is 0 Å². The lowest BCUT2D eigenvalue weighted by molar-refractivity contribution is -0.124. The number of hydrogen-bond donors (Lipinski definition) is 1. The summed E-state index contributed by atoms with van der Waals surface area (Å²) >= 11 is 1.58. The molecule has 196 valence electrons. The maximum atomic E-state index is 13.9. The topological polar surface area (TPSA) is 75.0 Å². The molecule has 2 aromatic heterocycles. The third kappa shape index (κ3) is 5.66. The second kappa shape index (κ2) is 12.1. The van der Waals surface area contributed by atoms with Crippen molar-refractivity contribution in [2.75, 3.05) is 33.4 Å². The van der Waals surface area contributed by atoms with E-state index in [2.05, 4.69) is 10.2 Å². The number of nitrogens with zero attached hydrogens (tertiary/aromatic N) is 2. The van der Waals surface area contributed by atoms with Crippen LogP contribution in [0.15, 0.2) is 64.6 Å². The number of methoxy groups -OCH3 is 1. The van der Waals surface area contributed by atoms with Crippen molar-refractivity contribution < 1.29 is 18.7 Å². The van der Waals surface area contributed by atoms with Gasteiger partial charge in [0.25, 0.3) is 5.91 Å². The van der Waals surface area contributed by atoms with E-state index in [1.165, 1.54) is 25.7 Å². The standard InChI is InChI=1S/C29H35N3O4S/c1-35-18-16-32-27(25-13-7-19-37-25)26(23-11-4-5-12-24(23)29(32)34)28(33)30-14-15-31(21-8-2-3-9-21)20-22-10-6-17-36-22/h4-7,10-13,17,19,21,26-27H,2-3,8-9,14-16,18,20H2,1H3,(H,30,33)/t26-,27-/m0/s1. The fourth-order valence-electron chi connectivity index (χ4n) is 5.78. The molecule has 1 saturated carbocycles. The van der Waals surface area contributed by atoms with Crippen molar-refractivity contribution in [1.82, 2.24) is 15.1 Å². The van der Waals surface area contributed by atoms with Crippen LogP contribution < -0.4 is 5.32 Å². The third-order valence-corrected chi connectivity index (χ3v) is 8.51. The Hall–Kier alpha value is -2.94. The molecule has 1 fully saturated rings. The molecule has 0 bridgehead atoms. The Morgan fingerprint density at radius 2 is 2.00 bits per heavy atom. The van der Waals surface area contributed by atoms with Crippen molar-refractivity contribution in [3.05, 3.63) is 81.9 Å². The van der Waals surface area contributed by atoms with Gasteiger partial charge in [-0.15, -0.1) is 11.3 Å². The molecule has 0 saturated heterocycles. The van der Waals surface area contributed by atoms with Gasteiger partial charge in [-0.05, 0) is 48.1 Å². The quantitative estimate of drug-likeness (QED) is 0.391. The Balaban J connectivity index is 1.36. The van der Waals surface area contributed by atoms with E-state index in [0.717, 1.165) is 29.3 Å². The number of furan rings is 1. The molecule has 1 aromatic carbocycles. The summed E-state index contributed by atoms with van der Waals surface area (Å²) < 4.78 is 10.9. The number of amides is 2. The van der Waals surface area contributed by atoms with E-state index in [1.54, 1.807) is 24.7 Å². The number of benzene rings is 1. The van der Waals surface area contributed by atoms with Crippen LogP contribution in [0.2, 0.25) is 0 Å². The van der Waals surface area contributed by atoms with Gasteiger partial charge in [0, 0.05) is 43.2 Å². The first-order valence-corrected chi connectivity index (χ1v) is 14.0. The molecule has 5 rings (SSSR count).